The monoisotopic (exact) mass is 860 g/mol. The molecule has 1 aromatic heterocycles. The average molecular weight is 861 g/mol. The second-order valence-electron chi connectivity index (χ2n) is 14.9. The van der Waals surface area contributed by atoms with E-state index < -0.39 is 18.4 Å². The zero-order valence-corrected chi connectivity index (χ0v) is 35.7. The molecular formula is C43H52N6O9S2. The average Bonchev–Trinajstić information content (AvgIpc) is 3.98. The molecule has 3 aromatic rings. The van der Waals surface area contributed by atoms with E-state index in [2.05, 4.69) is 23.5 Å². The fraction of sp³-hybridized carbons (Fsp3) is 0.442. The highest BCUT2D eigenvalue weighted by Crippen LogP contribution is 2.39. The highest BCUT2D eigenvalue weighted by atomic mass is 33.1. The minimum absolute atomic E-state index is 0.0324. The van der Waals surface area contributed by atoms with Crippen molar-refractivity contribution in [1.82, 2.24) is 19.7 Å². The molecule has 7 rings (SSSR count). The number of nitrogens with zero attached hydrogens (tertiary/aromatic N) is 4. The number of rotatable bonds is 17. The number of carbonyl (C=O) groups excluding carboxylic acids is 3. The summed E-state index contributed by atoms with van der Waals surface area (Å²) in [7, 11) is 6.15. The lowest BCUT2D eigenvalue weighted by atomic mass is 10.1. The summed E-state index contributed by atoms with van der Waals surface area (Å²) in [5.74, 6) is 2.11. The lowest BCUT2D eigenvalue weighted by molar-refractivity contribution is -0.0200. The first kappa shape index (κ1) is 42.8. The van der Waals surface area contributed by atoms with Gasteiger partial charge in [0.15, 0.2) is 29.2 Å². The van der Waals surface area contributed by atoms with Gasteiger partial charge in [0.2, 0.25) is 0 Å². The van der Waals surface area contributed by atoms with E-state index in [9.17, 15) is 14.4 Å². The van der Waals surface area contributed by atoms with Crippen molar-refractivity contribution < 1.29 is 42.8 Å². The Labute approximate surface area is 358 Å². The number of nitrogens with two attached hydrogens (primary N) is 1. The Morgan fingerprint density at radius 2 is 1.68 bits per heavy atom. The van der Waals surface area contributed by atoms with Crippen LogP contribution in [0.4, 0.5) is 16.2 Å². The zero-order valence-electron chi connectivity index (χ0n) is 34.0. The predicted octanol–water partition coefficient (Wildman–Crippen LogP) is 6.51. The van der Waals surface area contributed by atoms with Gasteiger partial charge in [-0.25, -0.2) is 9.78 Å². The fourth-order valence-corrected chi connectivity index (χ4v) is 9.53. The molecule has 5 heterocycles. The molecule has 320 valence electrons. The van der Waals surface area contributed by atoms with Crippen LogP contribution in [0.1, 0.15) is 52.8 Å². The van der Waals surface area contributed by atoms with E-state index in [-0.39, 0.29) is 35.7 Å². The number of unbranched alkanes of at least 4 members (excludes halogenated alkanes) is 2. The number of carbonyl (C=O) groups is 3. The van der Waals surface area contributed by atoms with Crippen LogP contribution in [0.2, 0.25) is 0 Å². The summed E-state index contributed by atoms with van der Waals surface area (Å²) in [5, 5.41) is 4.30. The molecular weight excluding hydrogens is 809 g/mol. The van der Waals surface area contributed by atoms with Crippen LogP contribution in [-0.2, 0) is 9.47 Å². The number of likely N-dealkylation sites (tertiary alicyclic amines) is 1. The van der Waals surface area contributed by atoms with Crippen molar-refractivity contribution in [2.45, 2.75) is 55.4 Å². The van der Waals surface area contributed by atoms with Crippen molar-refractivity contribution in [3.63, 3.8) is 0 Å². The fourth-order valence-electron chi connectivity index (χ4n) is 7.82. The summed E-state index contributed by atoms with van der Waals surface area (Å²) in [5.41, 5.74) is 10.2. The van der Waals surface area contributed by atoms with Crippen LogP contribution >= 0.6 is 21.6 Å². The van der Waals surface area contributed by atoms with Crippen molar-refractivity contribution in [2.75, 3.05) is 83.6 Å². The smallest absolute Gasteiger partial charge is 0.412 e. The molecule has 2 aromatic carbocycles. The first-order valence-electron chi connectivity index (χ1n) is 20.0. The van der Waals surface area contributed by atoms with E-state index in [4.69, 9.17) is 34.2 Å². The molecule has 15 nitrogen and oxygen atoms in total. The van der Waals surface area contributed by atoms with Crippen LogP contribution < -0.4 is 30.0 Å². The quantitative estimate of drug-likeness (QED) is 0.0653. The third-order valence-electron chi connectivity index (χ3n) is 10.8. The van der Waals surface area contributed by atoms with Crippen molar-refractivity contribution in [3.05, 3.63) is 84.1 Å². The molecule has 0 spiro atoms. The molecule has 0 radical (unpaired) electrons. The summed E-state index contributed by atoms with van der Waals surface area (Å²) in [6.07, 6.45) is 4.12. The maximum atomic E-state index is 14.1. The zero-order chi connectivity index (χ0) is 42.2. The molecule has 0 aliphatic carbocycles. The van der Waals surface area contributed by atoms with Gasteiger partial charge in [-0.05, 0) is 67.2 Å². The van der Waals surface area contributed by atoms with Gasteiger partial charge in [0.25, 0.3) is 11.8 Å². The summed E-state index contributed by atoms with van der Waals surface area (Å²) in [4.78, 5) is 50.0. The van der Waals surface area contributed by atoms with Crippen LogP contribution in [0.3, 0.4) is 0 Å². The minimum atomic E-state index is -0.695. The van der Waals surface area contributed by atoms with Gasteiger partial charge in [-0.15, -0.1) is 0 Å². The molecule has 0 bridgehead atoms. The van der Waals surface area contributed by atoms with Gasteiger partial charge in [-0.2, -0.15) is 0 Å². The Bertz CT molecular complexity index is 2070. The van der Waals surface area contributed by atoms with Crippen molar-refractivity contribution in [3.8, 4) is 23.0 Å². The number of benzene rings is 2. The number of methoxy groups -OCH3 is 2. The number of hydrogen-bond acceptors (Lipinski definition) is 14. The number of amides is 3. The van der Waals surface area contributed by atoms with Gasteiger partial charge in [-0.1, -0.05) is 41.2 Å². The van der Waals surface area contributed by atoms with Crippen molar-refractivity contribution >= 4 is 50.9 Å². The Morgan fingerprint density at radius 1 is 0.933 bits per heavy atom. The Hall–Kier alpha value is -5.26. The molecule has 3 fully saturated rings. The third kappa shape index (κ3) is 9.85. The Morgan fingerprint density at radius 3 is 2.43 bits per heavy atom. The van der Waals surface area contributed by atoms with Crippen molar-refractivity contribution in [2.24, 2.45) is 0 Å². The van der Waals surface area contributed by atoms with Gasteiger partial charge in [0.1, 0.15) is 11.6 Å². The van der Waals surface area contributed by atoms with Crippen molar-refractivity contribution in [1.29, 1.82) is 0 Å². The number of nitrogen functional groups attached to an aromatic ring is 1. The topological polar surface area (TPSA) is 167 Å². The maximum absolute atomic E-state index is 14.1. The largest absolute Gasteiger partial charge is 0.493 e. The van der Waals surface area contributed by atoms with Gasteiger partial charge in [0, 0.05) is 49.4 Å². The summed E-state index contributed by atoms with van der Waals surface area (Å²) in [6, 6.07) is 12.1. The molecule has 3 saturated heterocycles. The summed E-state index contributed by atoms with van der Waals surface area (Å²) in [6.45, 7) is 11.5. The number of fused-ring (bicyclic) bond motifs is 2. The molecule has 4 aliphatic rings. The number of hydrogen-bond donors (Lipinski definition) is 2. The van der Waals surface area contributed by atoms with E-state index in [0.717, 1.165) is 47.5 Å². The minimum Gasteiger partial charge on any atom is -0.493 e. The van der Waals surface area contributed by atoms with Crippen LogP contribution in [0, 0.1) is 0 Å². The van der Waals surface area contributed by atoms with Gasteiger partial charge < -0.3 is 49.3 Å². The van der Waals surface area contributed by atoms with Crippen LogP contribution in [0.25, 0.3) is 0 Å². The lowest BCUT2D eigenvalue weighted by Crippen LogP contribution is -2.51. The van der Waals surface area contributed by atoms with Crippen LogP contribution in [-0.4, -0.2) is 128 Å². The molecule has 4 aliphatic heterocycles. The Balaban J connectivity index is 0.884. The number of ether oxygens (including phenoxy) is 6. The molecule has 0 saturated carbocycles. The third-order valence-corrected chi connectivity index (χ3v) is 13.0. The van der Waals surface area contributed by atoms with Gasteiger partial charge in [0.05, 0.1) is 69.5 Å². The molecule has 60 heavy (non-hydrogen) atoms. The van der Waals surface area contributed by atoms with Crippen LogP contribution in [0.5, 0.6) is 23.0 Å². The SMILES string of the molecule is C=C1C[C@H]2CNc3cc(OCCCCCOc4cc(N)c(C(=O)N5CC(=C)C[C@H]5C5OCCN5C(=O)OCCSSc5ccccn5)cc4OC)c(OC)cc3C(=O)N2C1. The second kappa shape index (κ2) is 19.9. The normalized spacial score (nSPS) is 19.7. The number of anilines is 2. The van der Waals surface area contributed by atoms with Crippen LogP contribution in [0.15, 0.2) is 78.0 Å². The van der Waals surface area contributed by atoms with E-state index >= 15 is 0 Å². The number of nitrogens with one attached hydrogen (secondary N) is 1. The predicted molar refractivity (Wildman–Crippen MR) is 231 cm³/mol. The molecule has 3 amide bonds. The maximum Gasteiger partial charge on any atom is 0.412 e. The lowest BCUT2D eigenvalue weighted by Gasteiger charge is -2.33. The number of aromatic nitrogens is 1. The van der Waals surface area contributed by atoms with Gasteiger partial charge >= 0.3 is 6.09 Å². The van der Waals surface area contributed by atoms with E-state index in [1.807, 2.05) is 29.2 Å². The van der Waals surface area contributed by atoms with Gasteiger partial charge in [-0.3, -0.25) is 14.5 Å². The first-order valence-corrected chi connectivity index (χ1v) is 22.4. The van der Waals surface area contributed by atoms with E-state index in [1.54, 1.807) is 52.1 Å². The highest BCUT2D eigenvalue weighted by Gasteiger charge is 2.45. The number of pyridine rings is 1. The second-order valence-corrected chi connectivity index (χ2v) is 17.4. The molecule has 1 unspecified atom stereocenters. The molecule has 3 N–H and O–H groups in total. The summed E-state index contributed by atoms with van der Waals surface area (Å²) < 4.78 is 35.1. The standard InChI is InChI=1S/C43H52N6O9S2/c1-27-18-29-24-46-33-23-38(36(54-4)21-31(33)41(51)48(29)25-27)56-14-9-5-8-13-55-37-22-32(44)30(20-35(37)53-3)40(50)49-26-28(2)19-34(49)42-47(12-15-57-42)43(52)58-16-17-59-60-39-10-6-7-11-45-39/h6-7,10-11,20-23,29,34,42,46H,1-2,5,8-9,12-19,24-26,44H2,3-4H3/t29-,34-,42?/m0/s1. The highest BCUT2D eigenvalue weighted by molar-refractivity contribution is 8.76. The van der Waals surface area contributed by atoms with E-state index in [0.29, 0.717) is 86.7 Å². The first-order chi connectivity index (χ1) is 29.1. The molecule has 3 atom stereocenters. The molecule has 17 heteroatoms. The van der Waals surface area contributed by atoms with E-state index in [1.165, 1.54) is 17.9 Å². The Kier molecular flexibility index (Phi) is 14.2. The summed E-state index contributed by atoms with van der Waals surface area (Å²) >= 11 is 0.